The fourth-order valence-electron chi connectivity index (χ4n) is 3.90. The number of aromatic nitrogens is 3. The first-order valence-electron chi connectivity index (χ1n) is 10.0. The van der Waals surface area contributed by atoms with Crippen molar-refractivity contribution in [1.29, 1.82) is 0 Å². The van der Waals surface area contributed by atoms with Gasteiger partial charge in [0, 0.05) is 55.7 Å². The highest BCUT2D eigenvalue weighted by atomic mass is 16.2. The summed E-state index contributed by atoms with van der Waals surface area (Å²) in [5.74, 6) is 0.297. The highest BCUT2D eigenvalue weighted by Gasteiger charge is 2.27. The standard InChI is InChI=1S/C21H24N6O2/c1-25-8-10-26(11-9-25)16-6-7-22-19(13-16)24-20(28)14-2-5-17-18(12-14)27(15-3-4-15)21(29)23-17/h2,5-7,12-13,15H,3-4,8-11H2,1H3,(H,23,29)(H,22,24,28). The van der Waals surface area contributed by atoms with Crippen LogP contribution in [0.1, 0.15) is 29.2 Å². The number of pyridine rings is 1. The van der Waals surface area contributed by atoms with Crippen LogP contribution in [0.4, 0.5) is 11.5 Å². The second-order valence-corrected chi connectivity index (χ2v) is 7.91. The minimum Gasteiger partial charge on any atom is -0.369 e. The Kier molecular flexibility index (Phi) is 4.35. The number of benzene rings is 1. The van der Waals surface area contributed by atoms with Gasteiger partial charge in [0.1, 0.15) is 5.82 Å². The molecule has 2 aliphatic rings. The Hall–Kier alpha value is -3.13. The number of aromatic amines is 1. The van der Waals surface area contributed by atoms with Crippen molar-refractivity contribution in [3.8, 4) is 0 Å². The van der Waals surface area contributed by atoms with Gasteiger partial charge in [-0.25, -0.2) is 9.78 Å². The molecule has 0 atom stereocenters. The summed E-state index contributed by atoms with van der Waals surface area (Å²) in [5, 5.41) is 2.90. The van der Waals surface area contributed by atoms with Gasteiger partial charge in [-0.3, -0.25) is 9.36 Å². The van der Waals surface area contributed by atoms with E-state index in [0.717, 1.165) is 55.7 Å². The number of imidazole rings is 1. The molecular formula is C21H24N6O2. The van der Waals surface area contributed by atoms with Crippen molar-refractivity contribution in [2.45, 2.75) is 18.9 Å². The Bertz CT molecular complexity index is 1120. The van der Waals surface area contributed by atoms with Gasteiger partial charge in [0.2, 0.25) is 0 Å². The zero-order valence-corrected chi connectivity index (χ0v) is 16.4. The average Bonchev–Trinajstić information content (AvgIpc) is 3.50. The van der Waals surface area contributed by atoms with Crippen LogP contribution in [0.5, 0.6) is 0 Å². The lowest BCUT2D eigenvalue weighted by Gasteiger charge is -2.34. The first-order valence-corrected chi connectivity index (χ1v) is 10.0. The predicted molar refractivity (Wildman–Crippen MR) is 113 cm³/mol. The van der Waals surface area contributed by atoms with Crippen LogP contribution < -0.4 is 15.9 Å². The maximum Gasteiger partial charge on any atom is 0.326 e. The van der Waals surface area contributed by atoms with Crippen LogP contribution in [-0.2, 0) is 0 Å². The topological polar surface area (TPSA) is 86.3 Å². The Balaban J connectivity index is 1.37. The quantitative estimate of drug-likeness (QED) is 0.710. The molecule has 1 aromatic carbocycles. The Labute approximate surface area is 168 Å². The SMILES string of the molecule is CN1CCN(c2ccnc(NC(=O)c3ccc4[nH]c(=O)n(C5CC5)c4c3)c2)CC1. The first kappa shape index (κ1) is 17.9. The van der Waals surface area contributed by atoms with Crippen molar-refractivity contribution in [2.24, 2.45) is 0 Å². The molecule has 2 N–H and O–H groups in total. The minimum absolute atomic E-state index is 0.110. The number of carbonyl (C=O) groups excluding carboxylic acids is 1. The van der Waals surface area contributed by atoms with Gasteiger partial charge in [-0.2, -0.15) is 0 Å². The molecule has 2 fully saturated rings. The first-order chi connectivity index (χ1) is 14.1. The summed E-state index contributed by atoms with van der Waals surface area (Å²) in [6, 6.07) is 9.44. The van der Waals surface area contributed by atoms with Gasteiger partial charge in [0.25, 0.3) is 5.91 Å². The number of amides is 1. The fraction of sp³-hybridized carbons (Fsp3) is 0.381. The van der Waals surface area contributed by atoms with E-state index in [1.165, 1.54) is 0 Å². The molecule has 0 unspecified atom stereocenters. The van der Waals surface area contributed by atoms with Crippen LogP contribution in [0.2, 0.25) is 0 Å². The second-order valence-electron chi connectivity index (χ2n) is 7.91. The monoisotopic (exact) mass is 392 g/mol. The van der Waals surface area contributed by atoms with Crippen molar-refractivity contribution < 1.29 is 4.79 Å². The van der Waals surface area contributed by atoms with E-state index >= 15 is 0 Å². The lowest BCUT2D eigenvalue weighted by atomic mass is 10.2. The largest absolute Gasteiger partial charge is 0.369 e. The number of H-pyrrole nitrogens is 1. The summed E-state index contributed by atoms with van der Waals surface area (Å²) in [6.45, 7) is 3.94. The number of carbonyl (C=O) groups is 1. The molecule has 5 rings (SSSR count). The van der Waals surface area contributed by atoms with Crippen molar-refractivity contribution in [3.63, 3.8) is 0 Å². The highest BCUT2D eigenvalue weighted by molar-refractivity contribution is 6.05. The Morgan fingerprint density at radius 2 is 1.93 bits per heavy atom. The molecule has 2 aromatic heterocycles. The van der Waals surface area contributed by atoms with Gasteiger partial charge < -0.3 is 20.1 Å². The van der Waals surface area contributed by atoms with Crippen LogP contribution >= 0.6 is 0 Å². The van der Waals surface area contributed by atoms with Crippen molar-refractivity contribution >= 4 is 28.4 Å². The normalized spacial score (nSPS) is 17.6. The van der Waals surface area contributed by atoms with Crippen molar-refractivity contribution in [3.05, 3.63) is 52.6 Å². The summed E-state index contributed by atoms with van der Waals surface area (Å²) in [6.07, 6.45) is 3.74. The molecular weight excluding hydrogens is 368 g/mol. The van der Waals surface area contributed by atoms with Crippen molar-refractivity contribution in [2.75, 3.05) is 43.4 Å². The number of likely N-dealkylation sites (N-methyl/N-ethyl adjacent to an activating group) is 1. The Morgan fingerprint density at radius 1 is 1.14 bits per heavy atom. The number of nitrogens with one attached hydrogen (secondary N) is 2. The van der Waals surface area contributed by atoms with Gasteiger partial charge in [0.05, 0.1) is 11.0 Å². The predicted octanol–water partition coefficient (Wildman–Crippen LogP) is 2.06. The fourth-order valence-corrected chi connectivity index (χ4v) is 3.90. The van der Waals surface area contributed by atoms with E-state index in [-0.39, 0.29) is 17.6 Å². The molecule has 0 radical (unpaired) electrons. The summed E-state index contributed by atoms with van der Waals surface area (Å²) in [4.78, 5) is 36.8. The number of hydrogen-bond acceptors (Lipinski definition) is 5. The molecule has 0 spiro atoms. The number of anilines is 2. The second kappa shape index (κ2) is 7.04. The molecule has 8 nitrogen and oxygen atoms in total. The van der Waals surface area contributed by atoms with E-state index in [4.69, 9.17) is 0 Å². The van der Waals surface area contributed by atoms with Gasteiger partial charge in [-0.15, -0.1) is 0 Å². The molecule has 1 saturated heterocycles. The summed E-state index contributed by atoms with van der Waals surface area (Å²) < 4.78 is 1.76. The smallest absolute Gasteiger partial charge is 0.326 e. The van der Waals surface area contributed by atoms with Gasteiger partial charge >= 0.3 is 5.69 Å². The summed E-state index contributed by atoms with van der Waals surface area (Å²) >= 11 is 0. The van der Waals surface area contributed by atoms with Gasteiger partial charge in [0.15, 0.2) is 0 Å². The van der Waals surface area contributed by atoms with Crippen LogP contribution in [0.15, 0.2) is 41.3 Å². The van der Waals surface area contributed by atoms with Gasteiger partial charge in [-0.05, 0) is 44.2 Å². The Morgan fingerprint density at radius 3 is 2.69 bits per heavy atom. The average molecular weight is 392 g/mol. The van der Waals surface area contributed by atoms with Crippen LogP contribution in [-0.4, -0.2) is 58.6 Å². The molecule has 29 heavy (non-hydrogen) atoms. The molecule has 8 heteroatoms. The molecule has 3 aromatic rings. The number of piperazine rings is 1. The van der Waals surface area contributed by atoms with Crippen LogP contribution in [0.3, 0.4) is 0 Å². The van der Waals surface area contributed by atoms with Crippen molar-refractivity contribution in [1.82, 2.24) is 19.4 Å². The summed E-state index contributed by atoms with van der Waals surface area (Å²) in [5.41, 5.74) is 3.00. The molecule has 3 heterocycles. The summed E-state index contributed by atoms with van der Waals surface area (Å²) in [7, 11) is 2.12. The zero-order chi connectivity index (χ0) is 20.0. The maximum absolute atomic E-state index is 12.8. The molecule has 1 aliphatic heterocycles. The lowest BCUT2D eigenvalue weighted by Crippen LogP contribution is -2.44. The van der Waals surface area contributed by atoms with Crippen LogP contribution in [0, 0.1) is 0 Å². The minimum atomic E-state index is -0.231. The van der Waals surface area contributed by atoms with E-state index in [0.29, 0.717) is 11.4 Å². The van der Waals surface area contributed by atoms with E-state index < -0.39 is 0 Å². The van der Waals surface area contributed by atoms with E-state index in [1.807, 2.05) is 12.1 Å². The zero-order valence-electron chi connectivity index (χ0n) is 16.4. The van der Waals surface area contributed by atoms with E-state index in [1.54, 1.807) is 29.0 Å². The number of hydrogen-bond donors (Lipinski definition) is 2. The van der Waals surface area contributed by atoms with E-state index in [9.17, 15) is 9.59 Å². The van der Waals surface area contributed by atoms with Crippen LogP contribution in [0.25, 0.3) is 11.0 Å². The molecule has 0 bridgehead atoms. The molecule has 1 aliphatic carbocycles. The highest BCUT2D eigenvalue weighted by Crippen LogP contribution is 2.35. The third kappa shape index (κ3) is 3.51. The molecule has 150 valence electrons. The third-order valence-corrected chi connectivity index (χ3v) is 5.75. The lowest BCUT2D eigenvalue weighted by molar-refractivity contribution is 0.102. The number of fused-ring (bicyclic) bond motifs is 1. The molecule has 1 amide bonds. The number of nitrogens with zero attached hydrogens (tertiary/aromatic N) is 4. The third-order valence-electron chi connectivity index (χ3n) is 5.75. The van der Waals surface area contributed by atoms with Gasteiger partial charge in [-0.1, -0.05) is 0 Å². The maximum atomic E-state index is 12.8. The van der Waals surface area contributed by atoms with E-state index in [2.05, 4.69) is 32.1 Å². The molecule has 1 saturated carbocycles. The number of rotatable bonds is 4.